The van der Waals surface area contributed by atoms with Gasteiger partial charge in [-0.3, -0.25) is 0 Å². The van der Waals surface area contributed by atoms with Crippen molar-refractivity contribution < 1.29 is 13.9 Å². The second kappa shape index (κ2) is 7.00. The minimum atomic E-state index is -1.20. The van der Waals surface area contributed by atoms with Gasteiger partial charge in [0.05, 0.1) is 0 Å². The maximum atomic E-state index is 13.7. The number of rotatable bonds is 2. The number of hydrogen-bond donors (Lipinski definition) is 2. The van der Waals surface area contributed by atoms with Crippen LogP contribution >= 0.6 is 12.4 Å². The molecule has 0 spiro atoms. The molecule has 0 unspecified atom stereocenters. The third kappa shape index (κ3) is 3.91. The van der Waals surface area contributed by atoms with Gasteiger partial charge < -0.3 is 15.4 Å². The summed E-state index contributed by atoms with van der Waals surface area (Å²) in [5, 5.41) is 9.77. The molecule has 0 saturated heterocycles. The lowest BCUT2D eigenvalue weighted by Crippen LogP contribution is -2.14. The van der Waals surface area contributed by atoms with Crippen LogP contribution in [0.15, 0.2) is 18.2 Å². The molecule has 1 saturated carbocycles. The van der Waals surface area contributed by atoms with E-state index in [2.05, 4.69) is 26.8 Å². The third-order valence-electron chi connectivity index (χ3n) is 4.08. The van der Waals surface area contributed by atoms with Crippen LogP contribution in [0.3, 0.4) is 0 Å². The lowest BCUT2D eigenvalue weighted by molar-refractivity contribution is 0.143. The lowest BCUT2D eigenvalue weighted by atomic mass is 10.1. The first-order valence-corrected chi connectivity index (χ1v) is 8.49. The zero-order valence-corrected chi connectivity index (χ0v) is 16.0. The average molecular weight is 406 g/mol. The van der Waals surface area contributed by atoms with Crippen molar-refractivity contribution in [1.82, 2.24) is 19.5 Å². The molecular formula is C19H18ClF2N5O. The van der Waals surface area contributed by atoms with Crippen LogP contribution in [0.1, 0.15) is 38.6 Å². The van der Waals surface area contributed by atoms with E-state index in [1.165, 1.54) is 12.1 Å². The molecule has 0 amide bonds. The summed E-state index contributed by atoms with van der Waals surface area (Å²) in [4.78, 5) is 13.0. The Balaban J connectivity index is 0.00000225. The first-order chi connectivity index (χ1) is 12.7. The highest BCUT2D eigenvalue weighted by Crippen LogP contribution is 2.41. The van der Waals surface area contributed by atoms with Crippen LogP contribution in [-0.2, 0) is 0 Å². The predicted octanol–water partition coefficient (Wildman–Crippen LogP) is 3.23. The van der Waals surface area contributed by atoms with Crippen LogP contribution in [0, 0.1) is 23.5 Å². The number of aliphatic hydroxyl groups is 1. The highest BCUT2D eigenvalue weighted by atomic mass is 35.5. The van der Waals surface area contributed by atoms with Gasteiger partial charge in [-0.15, -0.1) is 12.4 Å². The molecule has 4 rings (SSSR count). The van der Waals surface area contributed by atoms with Crippen molar-refractivity contribution in [3.8, 4) is 23.2 Å². The molecule has 0 atom stereocenters. The van der Waals surface area contributed by atoms with Crippen molar-refractivity contribution in [3.63, 3.8) is 0 Å². The van der Waals surface area contributed by atoms with Gasteiger partial charge in [0, 0.05) is 17.7 Å². The van der Waals surface area contributed by atoms with Gasteiger partial charge >= 0.3 is 0 Å². The molecule has 9 heteroatoms. The molecule has 1 aliphatic rings. The number of aromatic nitrogens is 4. The fraction of sp³-hybridized carbons (Fsp3) is 0.316. The van der Waals surface area contributed by atoms with Crippen LogP contribution < -0.4 is 5.73 Å². The van der Waals surface area contributed by atoms with Gasteiger partial charge in [0.25, 0.3) is 0 Å². The quantitative estimate of drug-likeness (QED) is 0.639. The second-order valence-electron chi connectivity index (χ2n) is 7.11. The normalized spacial score (nSPS) is 13.8. The van der Waals surface area contributed by atoms with Crippen LogP contribution in [0.5, 0.6) is 0 Å². The Morgan fingerprint density at radius 2 is 1.79 bits per heavy atom. The summed E-state index contributed by atoms with van der Waals surface area (Å²) in [5.74, 6) is 4.65. The number of halogens is 3. The summed E-state index contributed by atoms with van der Waals surface area (Å²) in [6.45, 7) is 3.10. The lowest BCUT2D eigenvalue weighted by Gasteiger charge is -2.08. The molecule has 1 aliphatic carbocycles. The van der Waals surface area contributed by atoms with E-state index in [1.54, 1.807) is 13.8 Å². The van der Waals surface area contributed by atoms with E-state index in [-0.39, 0.29) is 30.1 Å². The van der Waals surface area contributed by atoms with Crippen molar-refractivity contribution in [2.24, 2.45) is 0 Å². The Hall–Kier alpha value is -2.76. The van der Waals surface area contributed by atoms with Gasteiger partial charge in [-0.1, -0.05) is 5.92 Å². The summed E-state index contributed by atoms with van der Waals surface area (Å²) in [5.41, 5.74) is 5.96. The van der Waals surface area contributed by atoms with Crippen molar-refractivity contribution in [2.75, 3.05) is 5.73 Å². The molecule has 1 fully saturated rings. The molecule has 0 bridgehead atoms. The second-order valence-corrected chi connectivity index (χ2v) is 7.11. The summed E-state index contributed by atoms with van der Waals surface area (Å²) >= 11 is 0. The Morgan fingerprint density at radius 3 is 2.36 bits per heavy atom. The highest BCUT2D eigenvalue weighted by Gasteiger charge is 2.30. The third-order valence-corrected chi connectivity index (χ3v) is 4.08. The summed E-state index contributed by atoms with van der Waals surface area (Å²) in [6, 6.07) is 3.39. The van der Waals surface area contributed by atoms with Gasteiger partial charge in [0.1, 0.15) is 23.1 Å². The number of anilines is 1. The minimum absolute atomic E-state index is 0. The average Bonchev–Trinajstić information content (AvgIpc) is 3.31. The maximum Gasteiger partial charge on any atom is 0.209 e. The first-order valence-electron chi connectivity index (χ1n) is 8.49. The van der Waals surface area contributed by atoms with Crippen molar-refractivity contribution in [3.05, 3.63) is 35.7 Å². The Kier molecular flexibility index (Phi) is 5.00. The van der Waals surface area contributed by atoms with E-state index >= 15 is 0 Å². The van der Waals surface area contributed by atoms with E-state index in [1.807, 2.05) is 4.57 Å². The van der Waals surface area contributed by atoms with Gasteiger partial charge in [-0.25, -0.2) is 23.7 Å². The summed E-state index contributed by atoms with van der Waals surface area (Å²) < 4.78 is 29.2. The number of fused-ring (bicyclic) bond motifs is 1. The van der Waals surface area contributed by atoms with Crippen LogP contribution in [0.25, 0.3) is 22.6 Å². The van der Waals surface area contributed by atoms with Gasteiger partial charge in [0.15, 0.2) is 17.0 Å². The summed E-state index contributed by atoms with van der Waals surface area (Å²) in [6.07, 6.45) is 1.82. The fourth-order valence-electron chi connectivity index (χ4n) is 2.83. The number of nitrogens with zero attached hydrogens (tertiary/aromatic N) is 4. The van der Waals surface area contributed by atoms with E-state index in [4.69, 9.17) is 5.73 Å². The van der Waals surface area contributed by atoms with Crippen molar-refractivity contribution in [2.45, 2.75) is 38.3 Å². The highest BCUT2D eigenvalue weighted by molar-refractivity contribution is 5.86. The molecule has 2 aromatic heterocycles. The van der Waals surface area contributed by atoms with E-state index < -0.39 is 17.2 Å². The molecule has 28 heavy (non-hydrogen) atoms. The first kappa shape index (κ1) is 20.0. The predicted molar refractivity (Wildman–Crippen MR) is 104 cm³/mol. The minimum Gasteiger partial charge on any atom is -0.382 e. The number of imidazole rings is 1. The smallest absolute Gasteiger partial charge is 0.209 e. The number of nitrogens with two attached hydrogens (primary N) is 1. The van der Waals surface area contributed by atoms with Crippen molar-refractivity contribution >= 4 is 29.4 Å². The topological polar surface area (TPSA) is 89.9 Å². The van der Waals surface area contributed by atoms with Crippen LogP contribution in [-0.4, -0.2) is 30.2 Å². The van der Waals surface area contributed by atoms with E-state index in [0.717, 1.165) is 18.9 Å². The molecule has 3 N–H and O–H groups in total. The number of benzene rings is 1. The van der Waals surface area contributed by atoms with Crippen LogP contribution in [0.4, 0.5) is 14.6 Å². The maximum absolute atomic E-state index is 13.7. The Labute approximate surface area is 166 Å². The molecule has 0 aliphatic heterocycles. The van der Waals surface area contributed by atoms with E-state index in [9.17, 15) is 13.9 Å². The zero-order valence-electron chi connectivity index (χ0n) is 15.2. The largest absolute Gasteiger partial charge is 0.382 e. The molecule has 0 radical (unpaired) electrons. The molecule has 2 heterocycles. The van der Waals surface area contributed by atoms with Gasteiger partial charge in [-0.05, 0) is 44.7 Å². The zero-order chi connectivity index (χ0) is 19.3. The molecular weight excluding hydrogens is 388 g/mol. The monoisotopic (exact) mass is 405 g/mol. The molecule has 6 nitrogen and oxygen atoms in total. The van der Waals surface area contributed by atoms with Gasteiger partial charge in [-0.2, -0.15) is 0 Å². The SMILES string of the molecule is CC(C)(O)C#Cc1nc(N)c2nc(-c3cc(F)cc(F)c3)n(C3CC3)c2n1.Cl. The molecule has 146 valence electrons. The summed E-state index contributed by atoms with van der Waals surface area (Å²) in [7, 11) is 0. The molecule has 3 aromatic rings. The van der Waals surface area contributed by atoms with Crippen molar-refractivity contribution in [1.29, 1.82) is 0 Å². The standard InChI is InChI=1S/C19H17F2N5O.ClH/c1-19(2,27)6-5-14-23-16(22)15-18(24-14)26(13-3-4-13)17(25-15)10-7-11(20)9-12(21)8-10;/h7-9,13,27H,3-4H2,1-2H3,(H2,22,23,24);1H. The van der Waals surface area contributed by atoms with Crippen LogP contribution in [0.2, 0.25) is 0 Å². The number of hydrogen-bond acceptors (Lipinski definition) is 5. The molecule has 1 aromatic carbocycles. The fourth-order valence-corrected chi connectivity index (χ4v) is 2.83. The Morgan fingerprint density at radius 1 is 1.14 bits per heavy atom. The number of nitrogen functional groups attached to an aromatic ring is 1. The van der Waals surface area contributed by atoms with E-state index in [0.29, 0.717) is 22.6 Å². The Bertz CT molecular complexity index is 1100. The van der Waals surface area contributed by atoms with Gasteiger partial charge in [0.2, 0.25) is 5.82 Å².